The number of pyridine rings is 1. The summed E-state index contributed by atoms with van der Waals surface area (Å²) in [5, 5.41) is 14.5. The van der Waals surface area contributed by atoms with Gasteiger partial charge in [0.2, 0.25) is 5.91 Å². The molecule has 2 aliphatic carbocycles. The molecule has 12 heteroatoms. The van der Waals surface area contributed by atoms with E-state index in [0.717, 1.165) is 28.3 Å². The number of primary amides is 1. The van der Waals surface area contributed by atoms with E-state index in [4.69, 9.17) is 22.3 Å². The second-order valence-electron chi connectivity index (χ2n) is 8.82. The first-order valence-electron chi connectivity index (χ1n) is 10.8. The van der Waals surface area contributed by atoms with Gasteiger partial charge in [0.05, 0.1) is 22.2 Å². The first-order chi connectivity index (χ1) is 15.9. The van der Waals surface area contributed by atoms with Gasteiger partial charge in [-0.1, -0.05) is 35.1 Å². The molecule has 2 bridgehead atoms. The third-order valence-corrected chi connectivity index (χ3v) is 8.90. The van der Waals surface area contributed by atoms with Gasteiger partial charge in [-0.25, -0.2) is 15.0 Å². The molecular weight excluding hydrogens is 530 g/mol. The zero-order chi connectivity index (χ0) is 22.9. The van der Waals surface area contributed by atoms with Crippen molar-refractivity contribution in [2.45, 2.75) is 25.0 Å². The number of hydrogen-bond donors (Lipinski definition) is 4. The van der Waals surface area contributed by atoms with Gasteiger partial charge in [-0.05, 0) is 40.6 Å². The van der Waals surface area contributed by atoms with Crippen LogP contribution in [0.1, 0.15) is 12.8 Å². The van der Waals surface area contributed by atoms with E-state index in [9.17, 15) is 9.90 Å². The van der Waals surface area contributed by atoms with Gasteiger partial charge in [0.15, 0.2) is 21.8 Å². The summed E-state index contributed by atoms with van der Waals surface area (Å²) in [6.45, 7) is 1.29. The number of amides is 1. The van der Waals surface area contributed by atoms with Crippen molar-refractivity contribution in [1.29, 1.82) is 0 Å². The zero-order valence-corrected chi connectivity index (χ0v) is 20.5. The Kier molecular flexibility index (Phi) is 5.13. The molecule has 1 aliphatic heterocycles. The van der Waals surface area contributed by atoms with Crippen molar-refractivity contribution in [3.8, 4) is 10.7 Å². The fourth-order valence-corrected chi connectivity index (χ4v) is 6.91. The third kappa shape index (κ3) is 3.52. The monoisotopic (exact) mass is 549 g/mol. The van der Waals surface area contributed by atoms with Crippen LogP contribution in [0.5, 0.6) is 0 Å². The number of rotatable bonds is 5. The molecule has 0 radical (unpaired) electrons. The number of β-amino-alcohol motifs (C(OH)–C–C–N with tert-alkyl or cyclic N) is 1. The predicted molar refractivity (Wildman–Crippen MR) is 131 cm³/mol. The second-order valence-corrected chi connectivity index (χ2v) is 11.0. The third-order valence-electron chi connectivity index (χ3n) is 6.79. The smallest absolute Gasteiger partial charge is 0.223 e. The van der Waals surface area contributed by atoms with Crippen molar-refractivity contribution < 1.29 is 9.90 Å². The van der Waals surface area contributed by atoms with Crippen molar-refractivity contribution in [3.63, 3.8) is 0 Å². The van der Waals surface area contributed by atoms with Crippen molar-refractivity contribution in [2.24, 2.45) is 23.5 Å². The highest BCUT2D eigenvalue weighted by Crippen LogP contribution is 2.46. The molecule has 3 aromatic rings. The molecule has 1 unspecified atom stereocenters. The number of aliphatic hydroxyl groups excluding tert-OH is 1. The molecular formula is C21H21BrClN7O2S. The van der Waals surface area contributed by atoms with Crippen LogP contribution in [-0.4, -0.2) is 56.2 Å². The van der Waals surface area contributed by atoms with Gasteiger partial charge in [-0.2, -0.15) is 0 Å². The zero-order valence-electron chi connectivity index (χ0n) is 17.3. The first kappa shape index (κ1) is 21.3. The lowest BCUT2D eigenvalue weighted by Crippen LogP contribution is -2.41. The van der Waals surface area contributed by atoms with Crippen molar-refractivity contribution in [1.82, 2.24) is 19.9 Å². The maximum absolute atomic E-state index is 12.2. The van der Waals surface area contributed by atoms with Gasteiger partial charge < -0.3 is 26.0 Å². The second kappa shape index (κ2) is 7.93. The molecule has 5 N–H and O–H groups in total. The number of aromatic nitrogens is 4. The number of fused-ring (bicyclic) bond motifs is 3. The number of allylic oxidation sites excluding steroid dienone is 1. The number of aliphatic hydroxyl groups is 1. The number of nitrogens with zero attached hydrogens (tertiary/aromatic N) is 4. The predicted octanol–water partition coefficient (Wildman–Crippen LogP) is 3.16. The van der Waals surface area contributed by atoms with Crippen LogP contribution in [-0.2, 0) is 4.79 Å². The van der Waals surface area contributed by atoms with E-state index < -0.39 is 0 Å². The van der Waals surface area contributed by atoms with Crippen LogP contribution in [0.25, 0.3) is 21.9 Å². The standard InChI is InChI=1S/C21H21BrClN7O2S/c22-11-6-25-19-15(14(11)26-13-9-2-1-8(5-9)12(13)18(24)32)27-20(29-19)16-17(23)28-21(33-16)30-4-3-10(31)7-30/h1-2,6,8-10,12-13,31H,3-5,7H2,(H2,24,32)(H2,25,26,27,29)/t8-,9+,10?,12+,13-/m1/s1. The number of carbonyl (C=O) groups is 1. The number of anilines is 2. The van der Waals surface area contributed by atoms with Crippen molar-refractivity contribution >= 4 is 66.8 Å². The molecule has 3 aromatic heterocycles. The average Bonchev–Trinajstić information content (AvgIpc) is 3.57. The molecule has 172 valence electrons. The Morgan fingerprint density at radius 2 is 2.18 bits per heavy atom. The largest absolute Gasteiger partial charge is 0.391 e. The maximum atomic E-state index is 12.2. The Morgan fingerprint density at radius 1 is 1.36 bits per heavy atom. The van der Waals surface area contributed by atoms with Crippen LogP contribution in [0.4, 0.5) is 10.8 Å². The van der Waals surface area contributed by atoms with Crippen molar-refractivity contribution in [3.05, 3.63) is 28.0 Å². The lowest BCUT2D eigenvalue weighted by Gasteiger charge is -2.28. The lowest BCUT2D eigenvalue weighted by molar-refractivity contribution is -0.122. The molecule has 9 nitrogen and oxygen atoms in total. The van der Waals surface area contributed by atoms with E-state index in [1.165, 1.54) is 11.3 Å². The number of thiazole rings is 1. The topological polar surface area (TPSA) is 133 Å². The maximum Gasteiger partial charge on any atom is 0.223 e. The lowest BCUT2D eigenvalue weighted by atomic mass is 9.88. The van der Waals surface area contributed by atoms with E-state index >= 15 is 0 Å². The first-order valence-corrected chi connectivity index (χ1v) is 12.8. The SMILES string of the molecule is NC(=O)[C@@H]1[C@H](Nc2c(Br)cnc3[nH]c(-c4sc(N5CCC(O)C5)nc4Cl)nc23)[C@H]2C=C[C@@H]1C2. The molecule has 1 saturated heterocycles. The Labute approximate surface area is 206 Å². The average molecular weight is 551 g/mol. The Bertz CT molecular complexity index is 1290. The molecule has 2 fully saturated rings. The number of nitrogens with two attached hydrogens (primary N) is 1. The Balaban J connectivity index is 1.36. The summed E-state index contributed by atoms with van der Waals surface area (Å²) in [5.41, 5.74) is 7.76. The summed E-state index contributed by atoms with van der Waals surface area (Å²) < 4.78 is 0.755. The van der Waals surface area contributed by atoms with Crippen LogP contribution >= 0.6 is 38.9 Å². The Hall–Kier alpha value is -2.21. The molecule has 1 saturated carbocycles. The van der Waals surface area contributed by atoms with Gasteiger partial charge >= 0.3 is 0 Å². The van der Waals surface area contributed by atoms with Crippen LogP contribution in [0, 0.1) is 17.8 Å². The summed E-state index contributed by atoms with van der Waals surface area (Å²) in [4.78, 5) is 31.9. The van der Waals surface area contributed by atoms with Gasteiger partial charge in [0, 0.05) is 25.3 Å². The van der Waals surface area contributed by atoms with Crippen LogP contribution in [0.15, 0.2) is 22.8 Å². The normalized spacial score (nSPS) is 28.3. The summed E-state index contributed by atoms with van der Waals surface area (Å²) in [6.07, 6.45) is 7.27. The number of hydrogen-bond acceptors (Lipinski definition) is 8. The van der Waals surface area contributed by atoms with Gasteiger partial charge in [-0.3, -0.25) is 4.79 Å². The number of halogens is 2. The molecule has 33 heavy (non-hydrogen) atoms. The van der Waals surface area contributed by atoms with Gasteiger partial charge in [0.1, 0.15) is 10.4 Å². The van der Waals surface area contributed by atoms with E-state index in [0.29, 0.717) is 40.0 Å². The molecule has 4 heterocycles. The summed E-state index contributed by atoms with van der Waals surface area (Å²) in [7, 11) is 0. The summed E-state index contributed by atoms with van der Waals surface area (Å²) in [6, 6.07) is -0.0975. The van der Waals surface area contributed by atoms with E-state index in [1.807, 2.05) is 4.90 Å². The molecule has 6 rings (SSSR count). The minimum absolute atomic E-state index is 0.0975. The highest BCUT2D eigenvalue weighted by atomic mass is 79.9. The number of H-pyrrole nitrogens is 1. The van der Waals surface area contributed by atoms with E-state index in [-0.39, 0.29) is 35.8 Å². The molecule has 5 atom stereocenters. The minimum atomic E-state index is -0.345. The fourth-order valence-electron chi connectivity index (χ4n) is 5.24. The van der Waals surface area contributed by atoms with Gasteiger partial charge in [0.25, 0.3) is 0 Å². The minimum Gasteiger partial charge on any atom is -0.391 e. The van der Waals surface area contributed by atoms with Crippen LogP contribution in [0.2, 0.25) is 5.15 Å². The summed E-state index contributed by atoms with van der Waals surface area (Å²) >= 11 is 11.5. The molecule has 3 aliphatic rings. The highest BCUT2D eigenvalue weighted by Gasteiger charge is 2.47. The number of imidazole rings is 1. The number of carbonyl (C=O) groups excluding carboxylic acids is 1. The molecule has 0 aromatic carbocycles. The highest BCUT2D eigenvalue weighted by molar-refractivity contribution is 9.10. The summed E-state index contributed by atoms with van der Waals surface area (Å²) in [5.74, 6) is 0.448. The molecule has 0 spiro atoms. The van der Waals surface area contributed by atoms with E-state index in [1.54, 1.807) is 6.20 Å². The van der Waals surface area contributed by atoms with Crippen LogP contribution < -0.4 is 16.0 Å². The fraction of sp³-hybridized carbons (Fsp3) is 0.429. The van der Waals surface area contributed by atoms with Gasteiger partial charge in [-0.15, -0.1) is 0 Å². The quantitative estimate of drug-likeness (QED) is 0.359. The number of nitrogens with one attached hydrogen (secondary N) is 2. The van der Waals surface area contributed by atoms with Crippen LogP contribution in [0.3, 0.4) is 0 Å². The Morgan fingerprint density at radius 3 is 2.94 bits per heavy atom. The van der Waals surface area contributed by atoms with E-state index in [2.05, 4.69) is 48.4 Å². The van der Waals surface area contributed by atoms with Crippen molar-refractivity contribution in [2.75, 3.05) is 23.3 Å². The molecule has 1 amide bonds. The number of aromatic amines is 1.